The largest absolute Gasteiger partial charge is 0.479 e. The van der Waals surface area contributed by atoms with E-state index in [1.54, 1.807) is 30.4 Å². The van der Waals surface area contributed by atoms with Crippen molar-refractivity contribution < 1.29 is 19.4 Å². The number of ether oxygens (including phenoxy) is 1. The van der Waals surface area contributed by atoms with Crippen LogP contribution in [0.5, 0.6) is 0 Å². The van der Waals surface area contributed by atoms with Gasteiger partial charge < -0.3 is 15.2 Å². The Bertz CT molecular complexity index is 863. The lowest BCUT2D eigenvalue weighted by molar-refractivity contribution is -0.190. The van der Waals surface area contributed by atoms with E-state index in [0.29, 0.717) is 17.9 Å². The van der Waals surface area contributed by atoms with Crippen LogP contribution in [-0.2, 0) is 9.53 Å². The number of carboxylic acid groups (broad SMARTS) is 1. The molecule has 144 valence electrons. The van der Waals surface area contributed by atoms with Crippen LogP contribution in [0.3, 0.4) is 0 Å². The van der Waals surface area contributed by atoms with E-state index in [0.717, 1.165) is 11.3 Å². The molecule has 6 nitrogen and oxygen atoms in total. The molecule has 1 saturated carbocycles. The topological polar surface area (TPSA) is 88.5 Å². The average molecular weight is 388 g/mol. The number of rotatable bonds is 6. The molecule has 0 bridgehead atoms. The van der Waals surface area contributed by atoms with Crippen LogP contribution in [0.2, 0.25) is 0 Å². The highest BCUT2D eigenvalue weighted by Crippen LogP contribution is 2.51. The maximum atomic E-state index is 12.9. The molecule has 0 spiro atoms. The van der Waals surface area contributed by atoms with E-state index in [2.05, 4.69) is 10.3 Å². The number of hydrogen-bond donors (Lipinski definition) is 2. The lowest BCUT2D eigenvalue weighted by Gasteiger charge is -2.58. The first kappa shape index (κ1) is 19.5. The molecule has 2 N–H and O–H groups in total. The molecule has 2 heterocycles. The Kier molecular flexibility index (Phi) is 5.10. The van der Waals surface area contributed by atoms with Gasteiger partial charge >= 0.3 is 5.97 Å². The number of aryl methyl sites for hydroxylation is 1. The van der Waals surface area contributed by atoms with Crippen molar-refractivity contribution in [3.05, 3.63) is 40.2 Å². The summed E-state index contributed by atoms with van der Waals surface area (Å²) in [6.45, 7) is 7.77. The zero-order valence-electron chi connectivity index (χ0n) is 15.9. The maximum absolute atomic E-state index is 12.9. The number of amides is 1. The van der Waals surface area contributed by atoms with Crippen LogP contribution >= 0.6 is 11.3 Å². The number of thiophene rings is 1. The average Bonchev–Trinajstić information content (AvgIpc) is 3.14. The van der Waals surface area contributed by atoms with Crippen molar-refractivity contribution in [2.45, 2.75) is 45.8 Å². The highest BCUT2D eigenvalue weighted by molar-refractivity contribution is 7.08. The van der Waals surface area contributed by atoms with Gasteiger partial charge in [0.25, 0.3) is 5.91 Å². The summed E-state index contributed by atoms with van der Waals surface area (Å²) < 4.78 is 5.64. The number of nitrogens with one attached hydrogen (secondary N) is 1. The molecular weight excluding hydrogens is 364 g/mol. The summed E-state index contributed by atoms with van der Waals surface area (Å²) in [4.78, 5) is 29.4. The van der Waals surface area contributed by atoms with Gasteiger partial charge in [0.1, 0.15) is 5.54 Å². The summed E-state index contributed by atoms with van der Waals surface area (Å²) in [6, 6.07) is 5.45. The zero-order valence-corrected chi connectivity index (χ0v) is 16.7. The van der Waals surface area contributed by atoms with Gasteiger partial charge in [-0.2, -0.15) is 11.3 Å². The third-order valence-corrected chi connectivity index (χ3v) is 6.29. The van der Waals surface area contributed by atoms with Crippen molar-refractivity contribution in [2.24, 2.45) is 5.41 Å². The summed E-state index contributed by atoms with van der Waals surface area (Å²) in [5.41, 5.74) is 0.654. The van der Waals surface area contributed by atoms with Crippen LogP contribution in [-0.4, -0.2) is 40.2 Å². The number of pyridine rings is 1. The maximum Gasteiger partial charge on any atom is 0.330 e. The van der Waals surface area contributed by atoms with Gasteiger partial charge in [-0.15, -0.1) is 0 Å². The van der Waals surface area contributed by atoms with E-state index in [1.165, 1.54) is 0 Å². The lowest BCUT2D eigenvalue weighted by Crippen LogP contribution is -2.76. The van der Waals surface area contributed by atoms with E-state index in [1.807, 2.05) is 37.6 Å². The van der Waals surface area contributed by atoms with Crippen LogP contribution in [0.4, 0.5) is 0 Å². The second-order valence-corrected chi connectivity index (χ2v) is 8.16. The Morgan fingerprint density at radius 1 is 1.37 bits per heavy atom. The first-order valence-corrected chi connectivity index (χ1v) is 9.85. The Labute approximate surface area is 162 Å². The van der Waals surface area contributed by atoms with Gasteiger partial charge in [-0.25, -0.2) is 4.79 Å². The summed E-state index contributed by atoms with van der Waals surface area (Å²) in [6.07, 6.45) is 0.0352. The fraction of sp³-hybridized carbons (Fsp3) is 0.450. The van der Waals surface area contributed by atoms with Crippen LogP contribution in [0, 0.1) is 12.3 Å². The predicted molar refractivity (Wildman–Crippen MR) is 104 cm³/mol. The van der Waals surface area contributed by atoms with E-state index in [9.17, 15) is 14.7 Å². The van der Waals surface area contributed by atoms with Crippen molar-refractivity contribution >= 4 is 23.2 Å². The van der Waals surface area contributed by atoms with Crippen molar-refractivity contribution in [1.82, 2.24) is 10.3 Å². The molecule has 2 unspecified atom stereocenters. The molecular formula is C20H24N2O4S. The standard InChI is InChI=1S/C20H24N2O4S/c1-5-26-16-10-20(18(24)25,19(16,3)4)22-17(23)14-6-7-15(21-12(14)2)13-8-9-27-11-13/h6-9,11,16H,5,10H2,1-4H3,(H,22,23)(H,24,25). The molecule has 2 aromatic heterocycles. The minimum absolute atomic E-state index is 0.209. The minimum Gasteiger partial charge on any atom is -0.479 e. The first-order chi connectivity index (χ1) is 12.7. The minimum atomic E-state index is -1.36. The second kappa shape index (κ2) is 7.05. The lowest BCUT2D eigenvalue weighted by atomic mass is 9.54. The van der Waals surface area contributed by atoms with E-state index in [4.69, 9.17) is 4.74 Å². The van der Waals surface area contributed by atoms with Crippen molar-refractivity contribution in [3.63, 3.8) is 0 Å². The zero-order chi connectivity index (χ0) is 19.8. The fourth-order valence-electron chi connectivity index (χ4n) is 3.67. The van der Waals surface area contributed by atoms with Crippen LogP contribution in [0.25, 0.3) is 11.3 Å². The highest BCUT2D eigenvalue weighted by atomic mass is 32.1. The van der Waals surface area contributed by atoms with Crippen molar-refractivity contribution in [3.8, 4) is 11.3 Å². The molecule has 27 heavy (non-hydrogen) atoms. The Morgan fingerprint density at radius 3 is 2.63 bits per heavy atom. The molecule has 1 aliphatic rings. The monoisotopic (exact) mass is 388 g/mol. The molecule has 0 aliphatic heterocycles. The van der Waals surface area contributed by atoms with Crippen molar-refractivity contribution in [1.29, 1.82) is 0 Å². The number of carbonyl (C=O) groups is 2. The number of carbonyl (C=O) groups excluding carboxylic acids is 1. The SMILES string of the molecule is CCOC1CC(NC(=O)c2ccc(-c3ccsc3)nc2C)(C(=O)O)C1(C)C. The number of aliphatic carboxylic acids is 1. The molecule has 0 saturated heterocycles. The molecule has 0 radical (unpaired) electrons. The van der Waals surface area contributed by atoms with Gasteiger partial charge in [-0.05, 0) is 37.4 Å². The third-order valence-electron chi connectivity index (χ3n) is 5.60. The predicted octanol–water partition coefficient (Wildman–Crippen LogP) is 3.51. The number of hydrogen-bond acceptors (Lipinski definition) is 5. The van der Waals surface area contributed by atoms with Crippen LogP contribution < -0.4 is 5.32 Å². The second-order valence-electron chi connectivity index (χ2n) is 7.38. The summed E-state index contributed by atoms with van der Waals surface area (Å²) in [5, 5.41) is 16.6. The number of carboxylic acids is 1. The highest BCUT2D eigenvalue weighted by Gasteiger charge is 2.66. The molecule has 3 rings (SSSR count). The van der Waals surface area contributed by atoms with Gasteiger partial charge in [0.15, 0.2) is 0 Å². The quantitative estimate of drug-likeness (QED) is 0.791. The molecule has 0 aromatic carbocycles. The summed E-state index contributed by atoms with van der Waals surface area (Å²) in [7, 11) is 0. The van der Waals surface area contributed by atoms with Gasteiger partial charge in [0.2, 0.25) is 0 Å². The molecule has 1 fully saturated rings. The fourth-order valence-corrected chi connectivity index (χ4v) is 4.32. The van der Waals surface area contributed by atoms with Crippen molar-refractivity contribution in [2.75, 3.05) is 6.61 Å². The van der Waals surface area contributed by atoms with Gasteiger partial charge in [-0.3, -0.25) is 9.78 Å². The van der Waals surface area contributed by atoms with Gasteiger partial charge in [-0.1, -0.05) is 13.8 Å². The van der Waals surface area contributed by atoms with Gasteiger partial charge in [0, 0.05) is 29.4 Å². The number of nitrogens with zero attached hydrogens (tertiary/aromatic N) is 1. The molecule has 1 aliphatic carbocycles. The molecule has 7 heteroatoms. The smallest absolute Gasteiger partial charge is 0.330 e. The first-order valence-electron chi connectivity index (χ1n) is 8.90. The summed E-state index contributed by atoms with van der Waals surface area (Å²) >= 11 is 1.58. The Balaban J connectivity index is 1.85. The van der Waals surface area contributed by atoms with Gasteiger partial charge in [0.05, 0.1) is 23.1 Å². The van der Waals surface area contributed by atoms with E-state index < -0.39 is 22.8 Å². The Hall–Kier alpha value is -2.25. The molecule has 2 atom stereocenters. The summed E-state index contributed by atoms with van der Waals surface area (Å²) in [5.74, 6) is -1.47. The van der Waals surface area contributed by atoms with E-state index >= 15 is 0 Å². The van der Waals surface area contributed by atoms with Crippen LogP contribution in [0.15, 0.2) is 29.0 Å². The normalized spacial score (nSPS) is 23.5. The molecule has 1 amide bonds. The van der Waals surface area contributed by atoms with Crippen LogP contribution in [0.1, 0.15) is 43.2 Å². The Morgan fingerprint density at radius 2 is 2.11 bits per heavy atom. The van der Waals surface area contributed by atoms with E-state index in [-0.39, 0.29) is 12.5 Å². The number of aromatic nitrogens is 1. The third kappa shape index (κ3) is 3.15. The molecule has 2 aromatic rings.